The van der Waals surface area contributed by atoms with Crippen molar-refractivity contribution in [1.82, 2.24) is 15.0 Å². The van der Waals surface area contributed by atoms with E-state index in [9.17, 15) is 13.6 Å². The van der Waals surface area contributed by atoms with Crippen LogP contribution in [0.15, 0.2) is 58.4 Å². The molecule has 152 valence electrons. The maximum atomic E-state index is 13.4. The summed E-state index contributed by atoms with van der Waals surface area (Å²) in [7, 11) is 1.58. The average molecular weight is 425 g/mol. The molecule has 1 N–H and O–H groups in total. The highest BCUT2D eigenvalue weighted by Crippen LogP contribution is 2.30. The van der Waals surface area contributed by atoms with E-state index < -0.39 is 11.6 Å². The van der Waals surface area contributed by atoms with Crippen LogP contribution >= 0.6 is 11.8 Å². The number of pyridine rings is 1. The Morgan fingerprint density at radius 3 is 2.50 bits per heavy atom. The Balaban J connectivity index is 1.64. The Hall–Kier alpha value is -3.26. The van der Waals surface area contributed by atoms with Crippen molar-refractivity contribution >= 4 is 22.7 Å². The smallest absolute Gasteiger partial charge is 0.258 e. The van der Waals surface area contributed by atoms with Crippen LogP contribution in [0.25, 0.3) is 22.2 Å². The normalized spacial score (nSPS) is 11.1. The van der Waals surface area contributed by atoms with Gasteiger partial charge in [-0.05, 0) is 36.1 Å². The molecule has 2 heterocycles. The van der Waals surface area contributed by atoms with Crippen LogP contribution in [0.2, 0.25) is 0 Å². The second-order valence-electron chi connectivity index (χ2n) is 6.62. The van der Waals surface area contributed by atoms with Gasteiger partial charge in [0.1, 0.15) is 23.2 Å². The number of thioether (sulfide) groups is 1. The largest absolute Gasteiger partial charge is 0.496 e. The fraction of sp³-hybridized carbons (Fsp3) is 0.136. The molecular formula is C22H17F2N3O2S. The summed E-state index contributed by atoms with van der Waals surface area (Å²) in [6.07, 6.45) is 3.86. The van der Waals surface area contributed by atoms with E-state index in [1.54, 1.807) is 37.6 Å². The molecule has 0 fully saturated rings. The van der Waals surface area contributed by atoms with Gasteiger partial charge in [-0.2, -0.15) is 0 Å². The lowest BCUT2D eigenvalue weighted by Gasteiger charge is -2.09. The Morgan fingerprint density at radius 2 is 1.87 bits per heavy atom. The molecule has 0 aliphatic carbocycles. The van der Waals surface area contributed by atoms with Gasteiger partial charge in [-0.1, -0.05) is 6.07 Å². The standard InChI is InChI=1S/C22H17F2N3O2S/c1-29-19-10-18-16(9-20(19)30-2)22(28)27-21(26-18)5-12-3-4-17(25-11-12)13-6-14(23)8-15(24)7-13/h3-4,6-11H,5H2,1-2H3,(H,26,27,28). The van der Waals surface area contributed by atoms with Gasteiger partial charge in [0.25, 0.3) is 5.56 Å². The van der Waals surface area contributed by atoms with Gasteiger partial charge >= 0.3 is 0 Å². The molecule has 4 rings (SSSR count). The molecule has 0 saturated carbocycles. The van der Waals surface area contributed by atoms with E-state index in [0.29, 0.717) is 40.2 Å². The van der Waals surface area contributed by atoms with E-state index >= 15 is 0 Å². The number of nitrogens with zero attached hydrogens (tertiary/aromatic N) is 2. The van der Waals surface area contributed by atoms with Gasteiger partial charge in [0.15, 0.2) is 0 Å². The summed E-state index contributed by atoms with van der Waals surface area (Å²) in [5.41, 5.74) is 1.92. The molecule has 0 atom stereocenters. The van der Waals surface area contributed by atoms with Crippen molar-refractivity contribution in [2.75, 3.05) is 13.4 Å². The summed E-state index contributed by atoms with van der Waals surface area (Å²) in [5, 5.41) is 0.491. The van der Waals surface area contributed by atoms with Crippen molar-refractivity contribution in [2.45, 2.75) is 11.3 Å². The average Bonchev–Trinajstić information content (AvgIpc) is 2.72. The molecular weight excluding hydrogens is 408 g/mol. The minimum absolute atomic E-state index is 0.229. The van der Waals surface area contributed by atoms with Crippen LogP contribution in [0.4, 0.5) is 8.78 Å². The van der Waals surface area contributed by atoms with Crippen molar-refractivity contribution in [3.05, 3.63) is 82.0 Å². The molecule has 30 heavy (non-hydrogen) atoms. The SMILES string of the molecule is COc1cc2nc(Cc3ccc(-c4cc(F)cc(F)c4)nc3)[nH]c(=O)c2cc1SC. The summed E-state index contributed by atoms with van der Waals surface area (Å²) in [4.78, 5) is 25.0. The molecule has 0 spiro atoms. The molecule has 0 saturated heterocycles. The number of fused-ring (bicyclic) bond motifs is 1. The monoisotopic (exact) mass is 425 g/mol. The predicted octanol–water partition coefficient (Wildman–Crippen LogP) is 4.58. The van der Waals surface area contributed by atoms with Crippen molar-refractivity contribution in [1.29, 1.82) is 0 Å². The fourth-order valence-corrected chi connectivity index (χ4v) is 3.77. The number of halogens is 2. The van der Waals surface area contributed by atoms with Gasteiger partial charge in [0, 0.05) is 30.3 Å². The molecule has 5 nitrogen and oxygen atoms in total. The number of rotatable bonds is 5. The van der Waals surface area contributed by atoms with E-state index in [4.69, 9.17) is 4.74 Å². The third-order valence-electron chi connectivity index (χ3n) is 4.61. The number of nitrogens with one attached hydrogen (secondary N) is 1. The second kappa shape index (κ2) is 8.23. The molecule has 0 bridgehead atoms. The molecule has 0 radical (unpaired) electrons. The summed E-state index contributed by atoms with van der Waals surface area (Å²) in [6, 6.07) is 10.2. The zero-order valence-corrected chi connectivity index (χ0v) is 17.0. The number of hydrogen-bond acceptors (Lipinski definition) is 5. The highest BCUT2D eigenvalue weighted by Gasteiger charge is 2.11. The van der Waals surface area contributed by atoms with Crippen LogP contribution in [0.3, 0.4) is 0 Å². The van der Waals surface area contributed by atoms with Crippen molar-refractivity contribution < 1.29 is 13.5 Å². The molecule has 2 aromatic carbocycles. The second-order valence-corrected chi connectivity index (χ2v) is 7.47. The van der Waals surface area contributed by atoms with E-state index in [2.05, 4.69) is 15.0 Å². The predicted molar refractivity (Wildman–Crippen MR) is 113 cm³/mol. The van der Waals surface area contributed by atoms with Crippen LogP contribution in [-0.2, 0) is 6.42 Å². The molecule has 2 aromatic heterocycles. The molecule has 8 heteroatoms. The first kappa shape index (κ1) is 20.0. The molecule has 0 amide bonds. The maximum Gasteiger partial charge on any atom is 0.258 e. The van der Waals surface area contributed by atoms with Gasteiger partial charge in [0.2, 0.25) is 0 Å². The first-order valence-electron chi connectivity index (χ1n) is 9.03. The van der Waals surface area contributed by atoms with Crippen LogP contribution in [0, 0.1) is 11.6 Å². The van der Waals surface area contributed by atoms with E-state index in [-0.39, 0.29) is 5.56 Å². The number of hydrogen-bond donors (Lipinski definition) is 1. The summed E-state index contributed by atoms with van der Waals surface area (Å²) < 4.78 is 32.2. The molecule has 4 aromatic rings. The minimum Gasteiger partial charge on any atom is -0.496 e. The molecule has 0 aliphatic heterocycles. The van der Waals surface area contributed by atoms with Crippen LogP contribution in [0.1, 0.15) is 11.4 Å². The number of aromatic amines is 1. The zero-order chi connectivity index (χ0) is 21.3. The van der Waals surface area contributed by atoms with E-state index in [1.807, 2.05) is 6.26 Å². The highest BCUT2D eigenvalue weighted by molar-refractivity contribution is 7.98. The first-order valence-corrected chi connectivity index (χ1v) is 10.3. The zero-order valence-electron chi connectivity index (χ0n) is 16.2. The Kier molecular flexibility index (Phi) is 5.50. The van der Waals surface area contributed by atoms with Crippen molar-refractivity contribution in [2.24, 2.45) is 0 Å². The quantitative estimate of drug-likeness (QED) is 0.474. The van der Waals surface area contributed by atoms with Crippen LogP contribution in [-0.4, -0.2) is 28.3 Å². The van der Waals surface area contributed by atoms with Gasteiger partial charge in [-0.15, -0.1) is 11.8 Å². The Morgan fingerprint density at radius 1 is 1.10 bits per heavy atom. The van der Waals surface area contributed by atoms with Gasteiger partial charge in [-0.25, -0.2) is 13.8 Å². The lowest BCUT2D eigenvalue weighted by molar-refractivity contribution is 0.405. The Labute approximate surface area is 175 Å². The highest BCUT2D eigenvalue weighted by atomic mass is 32.2. The number of methoxy groups -OCH3 is 1. The van der Waals surface area contributed by atoms with Crippen molar-refractivity contribution in [3.8, 4) is 17.0 Å². The number of ether oxygens (including phenoxy) is 1. The maximum absolute atomic E-state index is 13.4. The number of benzene rings is 2. The number of aromatic nitrogens is 3. The summed E-state index contributed by atoms with van der Waals surface area (Å²) in [6.45, 7) is 0. The van der Waals surface area contributed by atoms with Crippen molar-refractivity contribution in [3.63, 3.8) is 0 Å². The number of H-pyrrole nitrogens is 1. The third kappa shape index (κ3) is 4.04. The van der Waals surface area contributed by atoms with E-state index in [1.165, 1.54) is 23.9 Å². The summed E-state index contributed by atoms with van der Waals surface area (Å²) >= 11 is 1.49. The lowest BCUT2D eigenvalue weighted by Crippen LogP contribution is -2.12. The van der Waals surface area contributed by atoms with E-state index in [0.717, 1.165) is 16.5 Å². The van der Waals surface area contributed by atoms with Crippen LogP contribution < -0.4 is 10.3 Å². The van der Waals surface area contributed by atoms with Gasteiger partial charge in [0.05, 0.1) is 28.6 Å². The Bertz CT molecular complexity index is 1270. The fourth-order valence-electron chi connectivity index (χ4n) is 3.19. The van der Waals surface area contributed by atoms with Crippen LogP contribution in [0.5, 0.6) is 5.75 Å². The minimum atomic E-state index is -0.658. The molecule has 0 unspecified atom stereocenters. The topological polar surface area (TPSA) is 67.9 Å². The first-order chi connectivity index (χ1) is 14.5. The summed E-state index contributed by atoms with van der Waals surface area (Å²) in [5.74, 6) is -0.173. The van der Waals surface area contributed by atoms with Gasteiger partial charge < -0.3 is 9.72 Å². The van der Waals surface area contributed by atoms with Gasteiger partial charge in [-0.3, -0.25) is 9.78 Å². The molecule has 0 aliphatic rings. The lowest BCUT2D eigenvalue weighted by atomic mass is 10.1. The third-order valence-corrected chi connectivity index (χ3v) is 5.37.